The summed E-state index contributed by atoms with van der Waals surface area (Å²) in [6.07, 6.45) is 0.332. The highest BCUT2D eigenvalue weighted by Gasteiger charge is 2.19. The minimum Gasteiger partial charge on any atom is -0.494 e. The summed E-state index contributed by atoms with van der Waals surface area (Å²) >= 11 is 0. The standard InChI is InChI=1S/C25H25N5O2/c1-2-32-22-15-13-21(14-16-22)30-24(27-28-29-30)18-26-25(31)17-23(19-9-5-3-6-10-19)20-11-7-4-8-12-20/h3-16,23H,2,17-18H2,1H3,(H,26,31). The van der Waals surface area contributed by atoms with Crippen molar-refractivity contribution in [1.82, 2.24) is 25.5 Å². The van der Waals surface area contributed by atoms with E-state index in [2.05, 4.69) is 45.1 Å². The second kappa shape index (κ2) is 10.3. The van der Waals surface area contributed by atoms with Gasteiger partial charge in [0.25, 0.3) is 0 Å². The molecule has 0 atom stereocenters. The van der Waals surface area contributed by atoms with Gasteiger partial charge in [-0.1, -0.05) is 60.7 Å². The number of ether oxygens (including phenoxy) is 1. The molecule has 0 saturated heterocycles. The van der Waals surface area contributed by atoms with E-state index < -0.39 is 0 Å². The zero-order valence-corrected chi connectivity index (χ0v) is 17.9. The zero-order chi connectivity index (χ0) is 22.2. The Morgan fingerprint density at radius 2 is 1.56 bits per heavy atom. The van der Waals surface area contributed by atoms with Gasteiger partial charge in [0.2, 0.25) is 5.91 Å². The SMILES string of the molecule is CCOc1ccc(-n2nnnc2CNC(=O)CC(c2ccccc2)c2ccccc2)cc1. The molecule has 0 unspecified atom stereocenters. The van der Waals surface area contributed by atoms with Gasteiger partial charge in [-0.15, -0.1) is 5.10 Å². The van der Waals surface area contributed by atoms with Crippen LogP contribution in [-0.4, -0.2) is 32.7 Å². The maximum Gasteiger partial charge on any atom is 0.221 e. The van der Waals surface area contributed by atoms with Crippen molar-refractivity contribution in [3.63, 3.8) is 0 Å². The molecule has 0 fully saturated rings. The molecule has 1 heterocycles. The van der Waals surface area contributed by atoms with Crippen LogP contribution in [0.2, 0.25) is 0 Å². The summed E-state index contributed by atoms with van der Waals surface area (Å²) in [7, 11) is 0. The fraction of sp³-hybridized carbons (Fsp3) is 0.200. The van der Waals surface area contributed by atoms with Crippen molar-refractivity contribution < 1.29 is 9.53 Å². The van der Waals surface area contributed by atoms with Crippen molar-refractivity contribution in [2.75, 3.05) is 6.61 Å². The van der Waals surface area contributed by atoms with Gasteiger partial charge in [0.1, 0.15) is 5.75 Å². The Labute approximate surface area is 187 Å². The predicted molar refractivity (Wildman–Crippen MR) is 122 cm³/mol. The van der Waals surface area contributed by atoms with Gasteiger partial charge in [0.15, 0.2) is 5.82 Å². The molecule has 7 nitrogen and oxygen atoms in total. The Hall–Kier alpha value is -4.00. The maximum absolute atomic E-state index is 12.9. The molecule has 162 valence electrons. The van der Waals surface area contributed by atoms with E-state index in [0.717, 1.165) is 22.6 Å². The van der Waals surface area contributed by atoms with Gasteiger partial charge in [-0.05, 0) is 52.7 Å². The molecule has 0 bridgehead atoms. The van der Waals surface area contributed by atoms with Crippen LogP contribution in [0.4, 0.5) is 0 Å². The molecule has 0 radical (unpaired) electrons. The van der Waals surface area contributed by atoms with Gasteiger partial charge < -0.3 is 10.1 Å². The molecule has 1 amide bonds. The number of aromatic nitrogens is 4. The Kier molecular flexibility index (Phi) is 6.87. The summed E-state index contributed by atoms with van der Waals surface area (Å²) < 4.78 is 7.09. The van der Waals surface area contributed by atoms with Gasteiger partial charge in [-0.3, -0.25) is 4.79 Å². The maximum atomic E-state index is 12.9. The molecule has 4 rings (SSSR count). The number of tetrazole rings is 1. The summed E-state index contributed by atoms with van der Waals surface area (Å²) in [6.45, 7) is 2.78. The zero-order valence-electron chi connectivity index (χ0n) is 17.9. The summed E-state index contributed by atoms with van der Waals surface area (Å²) in [5.74, 6) is 1.24. The first-order valence-electron chi connectivity index (χ1n) is 10.6. The molecule has 32 heavy (non-hydrogen) atoms. The highest BCUT2D eigenvalue weighted by atomic mass is 16.5. The highest BCUT2D eigenvalue weighted by Crippen LogP contribution is 2.27. The number of hydrogen-bond acceptors (Lipinski definition) is 5. The lowest BCUT2D eigenvalue weighted by molar-refractivity contribution is -0.121. The lowest BCUT2D eigenvalue weighted by atomic mass is 9.88. The first-order valence-corrected chi connectivity index (χ1v) is 10.6. The average molecular weight is 428 g/mol. The third-order valence-corrected chi connectivity index (χ3v) is 5.16. The van der Waals surface area contributed by atoms with E-state index in [0.29, 0.717) is 18.9 Å². The fourth-order valence-corrected chi connectivity index (χ4v) is 3.60. The number of benzene rings is 3. The molecule has 1 N–H and O–H groups in total. The Balaban J connectivity index is 1.44. The Morgan fingerprint density at radius 1 is 0.938 bits per heavy atom. The quantitative estimate of drug-likeness (QED) is 0.438. The average Bonchev–Trinajstić information content (AvgIpc) is 3.32. The van der Waals surface area contributed by atoms with Gasteiger partial charge in [-0.2, -0.15) is 4.68 Å². The van der Waals surface area contributed by atoms with Crippen molar-refractivity contribution in [2.24, 2.45) is 0 Å². The summed E-state index contributed by atoms with van der Waals surface area (Å²) in [5.41, 5.74) is 3.01. The molecule has 3 aromatic carbocycles. The van der Waals surface area contributed by atoms with E-state index in [9.17, 15) is 4.79 Å². The first-order chi connectivity index (χ1) is 15.7. The van der Waals surface area contributed by atoms with Crippen molar-refractivity contribution in [3.8, 4) is 11.4 Å². The topological polar surface area (TPSA) is 81.9 Å². The molecule has 1 aromatic heterocycles. The normalized spacial score (nSPS) is 10.8. The largest absolute Gasteiger partial charge is 0.494 e. The van der Waals surface area contributed by atoms with E-state index >= 15 is 0 Å². The number of carbonyl (C=O) groups excluding carboxylic acids is 1. The predicted octanol–water partition coefficient (Wildman–Crippen LogP) is 3.90. The molecule has 0 saturated carbocycles. The van der Waals surface area contributed by atoms with Crippen LogP contribution in [0.3, 0.4) is 0 Å². The number of nitrogens with zero attached hydrogens (tertiary/aromatic N) is 4. The molecular formula is C25H25N5O2. The Bertz CT molecular complexity index is 1090. The number of nitrogens with one attached hydrogen (secondary N) is 1. The molecule has 0 aliphatic carbocycles. The number of carbonyl (C=O) groups is 1. The lowest BCUT2D eigenvalue weighted by Crippen LogP contribution is -2.26. The number of rotatable bonds is 9. The minimum atomic E-state index is -0.0658. The van der Waals surface area contributed by atoms with Gasteiger partial charge in [0, 0.05) is 12.3 Å². The summed E-state index contributed by atoms with van der Waals surface area (Å²) in [4.78, 5) is 12.9. The fourth-order valence-electron chi connectivity index (χ4n) is 3.60. The van der Waals surface area contributed by atoms with E-state index in [1.165, 1.54) is 0 Å². The van der Waals surface area contributed by atoms with Crippen LogP contribution in [0.5, 0.6) is 5.75 Å². The lowest BCUT2D eigenvalue weighted by Gasteiger charge is -2.18. The molecule has 0 spiro atoms. The highest BCUT2D eigenvalue weighted by molar-refractivity contribution is 5.77. The Morgan fingerprint density at radius 3 is 2.16 bits per heavy atom. The first kappa shape index (κ1) is 21.2. The molecule has 0 aliphatic heterocycles. The summed E-state index contributed by atoms with van der Waals surface area (Å²) in [6, 6.07) is 27.6. The van der Waals surface area contributed by atoms with Crippen LogP contribution >= 0.6 is 0 Å². The van der Waals surface area contributed by atoms with Crippen LogP contribution in [0.25, 0.3) is 5.69 Å². The van der Waals surface area contributed by atoms with Crippen LogP contribution < -0.4 is 10.1 Å². The number of amides is 1. The van der Waals surface area contributed by atoms with E-state index in [1.54, 1.807) is 4.68 Å². The monoisotopic (exact) mass is 427 g/mol. The van der Waals surface area contributed by atoms with E-state index in [-0.39, 0.29) is 18.4 Å². The van der Waals surface area contributed by atoms with Crippen LogP contribution in [0, 0.1) is 0 Å². The van der Waals surface area contributed by atoms with Crippen molar-refractivity contribution in [2.45, 2.75) is 25.8 Å². The van der Waals surface area contributed by atoms with Crippen LogP contribution in [0.1, 0.15) is 36.2 Å². The third kappa shape index (κ3) is 5.18. The summed E-state index contributed by atoms with van der Waals surface area (Å²) in [5, 5.41) is 14.9. The van der Waals surface area contributed by atoms with E-state index in [1.807, 2.05) is 67.6 Å². The molecule has 0 aliphatic rings. The van der Waals surface area contributed by atoms with Gasteiger partial charge in [-0.25, -0.2) is 0 Å². The second-order valence-corrected chi connectivity index (χ2v) is 7.29. The molecule has 4 aromatic rings. The van der Waals surface area contributed by atoms with Gasteiger partial charge in [0.05, 0.1) is 18.8 Å². The van der Waals surface area contributed by atoms with Crippen LogP contribution in [0.15, 0.2) is 84.9 Å². The third-order valence-electron chi connectivity index (χ3n) is 5.16. The van der Waals surface area contributed by atoms with Crippen molar-refractivity contribution in [3.05, 3.63) is 102 Å². The van der Waals surface area contributed by atoms with Gasteiger partial charge >= 0.3 is 0 Å². The van der Waals surface area contributed by atoms with Crippen LogP contribution in [-0.2, 0) is 11.3 Å². The second-order valence-electron chi connectivity index (χ2n) is 7.29. The van der Waals surface area contributed by atoms with E-state index in [4.69, 9.17) is 4.74 Å². The smallest absolute Gasteiger partial charge is 0.221 e. The number of hydrogen-bond donors (Lipinski definition) is 1. The molecular weight excluding hydrogens is 402 g/mol. The van der Waals surface area contributed by atoms with Crippen molar-refractivity contribution >= 4 is 5.91 Å². The van der Waals surface area contributed by atoms with Crippen molar-refractivity contribution in [1.29, 1.82) is 0 Å². The minimum absolute atomic E-state index is 0.0282. The molecule has 7 heteroatoms.